The molecule has 0 heterocycles. The summed E-state index contributed by atoms with van der Waals surface area (Å²) in [6.07, 6.45) is 1.86. The number of hydrogen-bond acceptors (Lipinski definition) is 2. The van der Waals surface area contributed by atoms with Gasteiger partial charge in [-0.3, -0.25) is 4.79 Å². The summed E-state index contributed by atoms with van der Waals surface area (Å²) < 4.78 is 5.27. The van der Waals surface area contributed by atoms with Gasteiger partial charge in [0.1, 0.15) is 11.5 Å². The van der Waals surface area contributed by atoms with Crippen LogP contribution in [-0.2, 0) is 23.1 Å². The van der Waals surface area contributed by atoms with Gasteiger partial charge < -0.3 is 4.74 Å². The first-order valence-electron chi connectivity index (χ1n) is 9.53. The fourth-order valence-corrected chi connectivity index (χ4v) is 3.28. The topological polar surface area (TPSA) is 26.3 Å². The van der Waals surface area contributed by atoms with Crippen LogP contribution in [0.15, 0.2) is 60.7 Å². The lowest BCUT2D eigenvalue weighted by Crippen LogP contribution is -2.11. The van der Waals surface area contributed by atoms with Gasteiger partial charge in [-0.2, -0.15) is 0 Å². The zero-order valence-electron chi connectivity index (χ0n) is 16.7. The summed E-state index contributed by atoms with van der Waals surface area (Å²) in [6.45, 7) is 6.60. The standard InChI is InChI=1S/C25H28O2/c1-25(2,3)22-11-6-19(7-12-22)16-23(26)13-8-18-5-9-21-17-24(27-4)14-10-20(21)15-18/h5-7,9-12,14-15,17H,8,13,16H2,1-4H3. The van der Waals surface area contributed by atoms with Crippen molar-refractivity contribution in [2.24, 2.45) is 0 Å². The van der Waals surface area contributed by atoms with Gasteiger partial charge in [-0.1, -0.05) is 69.3 Å². The number of ketones is 1. The molecule has 2 heteroatoms. The Labute approximate surface area is 162 Å². The summed E-state index contributed by atoms with van der Waals surface area (Å²) in [5.41, 5.74) is 3.73. The van der Waals surface area contributed by atoms with Gasteiger partial charge in [0.15, 0.2) is 0 Å². The highest BCUT2D eigenvalue weighted by atomic mass is 16.5. The molecule has 2 nitrogen and oxygen atoms in total. The Morgan fingerprint density at radius 1 is 0.852 bits per heavy atom. The third-order valence-electron chi connectivity index (χ3n) is 5.03. The molecule has 0 saturated carbocycles. The number of rotatable bonds is 6. The number of carbonyl (C=O) groups is 1. The molecule has 140 valence electrons. The van der Waals surface area contributed by atoms with Crippen LogP contribution in [0.25, 0.3) is 10.8 Å². The average Bonchev–Trinajstić information content (AvgIpc) is 2.65. The van der Waals surface area contributed by atoms with Crippen LogP contribution in [0.1, 0.15) is 43.9 Å². The Balaban J connectivity index is 1.59. The minimum atomic E-state index is 0.142. The monoisotopic (exact) mass is 360 g/mol. The minimum absolute atomic E-state index is 0.142. The number of benzene rings is 3. The molecule has 27 heavy (non-hydrogen) atoms. The average molecular weight is 360 g/mol. The second-order valence-corrected chi connectivity index (χ2v) is 8.21. The molecule has 3 aromatic carbocycles. The first-order valence-corrected chi connectivity index (χ1v) is 9.53. The van der Waals surface area contributed by atoms with Crippen LogP contribution in [0.4, 0.5) is 0 Å². The van der Waals surface area contributed by atoms with Crippen LogP contribution in [0.5, 0.6) is 5.75 Å². The Morgan fingerprint density at radius 3 is 2.15 bits per heavy atom. The van der Waals surface area contributed by atoms with Crippen molar-refractivity contribution in [3.63, 3.8) is 0 Å². The number of carbonyl (C=O) groups excluding carboxylic acids is 1. The van der Waals surface area contributed by atoms with E-state index in [1.54, 1.807) is 7.11 Å². The molecule has 0 bridgehead atoms. The molecule has 0 atom stereocenters. The van der Waals surface area contributed by atoms with Gasteiger partial charge in [0.2, 0.25) is 0 Å². The zero-order chi connectivity index (χ0) is 19.4. The molecule has 0 fully saturated rings. The molecule has 3 rings (SSSR count). The quantitative estimate of drug-likeness (QED) is 0.548. The Morgan fingerprint density at radius 2 is 1.48 bits per heavy atom. The number of ether oxygens (including phenoxy) is 1. The molecule has 0 radical (unpaired) electrons. The SMILES string of the molecule is COc1ccc2cc(CCC(=O)Cc3ccc(C(C)(C)C)cc3)ccc2c1. The van der Waals surface area contributed by atoms with E-state index in [4.69, 9.17) is 4.74 Å². The summed E-state index contributed by atoms with van der Waals surface area (Å²) in [5, 5.41) is 2.34. The molecular formula is C25H28O2. The molecule has 0 spiro atoms. The van der Waals surface area contributed by atoms with Crippen molar-refractivity contribution in [1.29, 1.82) is 0 Å². The van der Waals surface area contributed by atoms with Crippen molar-refractivity contribution in [3.05, 3.63) is 77.4 Å². The number of Topliss-reactive ketones (excluding diaryl/α,β-unsaturated/α-hetero) is 1. The van der Waals surface area contributed by atoms with Crippen LogP contribution >= 0.6 is 0 Å². The smallest absolute Gasteiger partial charge is 0.137 e. The van der Waals surface area contributed by atoms with Crippen molar-refractivity contribution >= 4 is 16.6 Å². The highest BCUT2D eigenvalue weighted by Crippen LogP contribution is 2.24. The number of fused-ring (bicyclic) bond motifs is 1. The van der Waals surface area contributed by atoms with Crippen molar-refractivity contribution in [2.75, 3.05) is 7.11 Å². The van der Waals surface area contributed by atoms with Gasteiger partial charge >= 0.3 is 0 Å². The second kappa shape index (κ2) is 7.96. The highest BCUT2D eigenvalue weighted by Gasteiger charge is 2.13. The van der Waals surface area contributed by atoms with Crippen molar-refractivity contribution < 1.29 is 9.53 Å². The van der Waals surface area contributed by atoms with Crippen LogP contribution in [0.2, 0.25) is 0 Å². The Kier molecular flexibility index (Phi) is 5.65. The third kappa shape index (κ3) is 4.97. The number of methoxy groups -OCH3 is 1. The lowest BCUT2D eigenvalue weighted by atomic mass is 9.86. The normalized spacial score (nSPS) is 11.6. The number of aryl methyl sites for hydroxylation is 1. The fourth-order valence-electron chi connectivity index (χ4n) is 3.28. The zero-order valence-corrected chi connectivity index (χ0v) is 16.7. The predicted molar refractivity (Wildman–Crippen MR) is 113 cm³/mol. The van der Waals surface area contributed by atoms with E-state index in [1.807, 2.05) is 12.1 Å². The predicted octanol–water partition coefficient (Wildman–Crippen LogP) is 5.89. The maximum absolute atomic E-state index is 12.4. The third-order valence-corrected chi connectivity index (χ3v) is 5.03. The Hall–Kier alpha value is -2.61. The summed E-state index contributed by atoms with van der Waals surface area (Å²) >= 11 is 0. The highest BCUT2D eigenvalue weighted by molar-refractivity contribution is 5.85. The molecule has 0 unspecified atom stereocenters. The lowest BCUT2D eigenvalue weighted by Gasteiger charge is -2.19. The van der Waals surface area contributed by atoms with E-state index in [1.165, 1.54) is 16.5 Å². The van der Waals surface area contributed by atoms with Crippen molar-refractivity contribution in [3.8, 4) is 5.75 Å². The number of hydrogen-bond donors (Lipinski definition) is 0. The first-order chi connectivity index (χ1) is 12.8. The van der Waals surface area contributed by atoms with Crippen LogP contribution in [0.3, 0.4) is 0 Å². The van der Waals surface area contributed by atoms with Crippen LogP contribution in [-0.4, -0.2) is 12.9 Å². The van der Waals surface area contributed by atoms with E-state index >= 15 is 0 Å². The van der Waals surface area contributed by atoms with Gasteiger partial charge in [0.05, 0.1) is 7.11 Å². The van der Waals surface area contributed by atoms with E-state index in [-0.39, 0.29) is 11.2 Å². The minimum Gasteiger partial charge on any atom is -0.497 e. The lowest BCUT2D eigenvalue weighted by molar-refractivity contribution is -0.118. The van der Waals surface area contributed by atoms with Gasteiger partial charge in [-0.25, -0.2) is 0 Å². The van der Waals surface area contributed by atoms with Gasteiger partial charge in [0.25, 0.3) is 0 Å². The summed E-state index contributed by atoms with van der Waals surface area (Å²) in [7, 11) is 1.68. The van der Waals surface area contributed by atoms with E-state index in [0.717, 1.165) is 23.1 Å². The van der Waals surface area contributed by atoms with Crippen molar-refractivity contribution in [1.82, 2.24) is 0 Å². The van der Waals surface area contributed by atoms with E-state index < -0.39 is 0 Å². The molecule has 0 aromatic heterocycles. The van der Waals surface area contributed by atoms with Crippen molar-refractivity contribution in [2.45, 2.75) is 45.4 Å². The summed E-state index contributed by atoms with van der Waals surface area (Å²) in [5.74, 6) is 1.15. The first kappa shape index (κ1) is 19.2. The maximum atomic E-state index is 12.4. The van der Waals surface area contributed by atoms with Gasteiger partial charge in [0, 0.05) is 12.8 Å². The molecule has 0 aliphatic rings. The van der Waals surface area contributed by atoms with E-state index in [0.29, 0.717) is 12.8 Å². The maximum Gasteiger partial charge on any atom is 0.137 e. The van der Waals surface area contributed by atoms with Gasteiger partial charge in [-0.15, -0.1) is 0 Å². The summed E-state index contributed by atoms with van der Waals surface area (Å²) in [6, 6.07) is 20.9. The van der Waals surface area contributed by atoms with Crippen LogP contribution < -0.4 is 4.74 Å². The summed E-state index contributed by atoms with van der Waals surface area (Å²) in [4.78, 5) is 12.4. The Bertz CT molecular complexity index is 931. The molecule has 0 saturated heterocycles. The fraction of sp³-hybridized carbons (Fsp3) is 0.320. The van der Waals surface area contributed by atoms with Crippen LogP contribution in [0, 0.1) is 0 Å². The van der Waals surface area contributed by atoms with E-state index in [2.05, 4.69) is 69.3 Å². The largest absolute Gasteiger partial charge is 0.497 e. The molecule has 0 aliphatic heterocycles. The molecule has 0 N–H and O–H groups in total. The van der Waals surface area contributed by atoms with Gasteiger partial charge in [-0.05, 0) is 51.4 Å². The molecular weight excluding hydrogens is 332 g/mol. The molecule has 3 aromatic rings. The molecule has 0 amide bonds. The molecule has 0 aliphatic carbocycles. The second-order valence-electron chi connectivity index (χ2n) is 8.21. The van der Waals surface area contributed by atoms with E-state index in [9.17, 15) is 4.79 Å².